The number of hydrogen-bond donors (Lipinski definition) is 0. The molecule has 0 aromatic heterocycles. The molecule has 7 nitrogen and oxygen atoms in total. The van der Waals surface area contributed by atoms with Gasteiger partial charge in [0.25, 0.3) is 0 Å². The third-order valence-electron chi connectivity index (χ3n) is 6.11. The maximum Gasteiger partial charge on any atom is 0.227 e. The third-order valence-corrected chi connectivity index (χ3v) is 6.11. The van der Waals surface area contributed by atoms with Crippen molar-refractivity contribution >= 4 is 17.6 Å². The van der Waals surface area contributed by atoms with Gasteiger partial charge >= 0.3 is 0 Å². The van der Waals surface area contributed by atoms with Crippen LogP contribution in [0.3, 0.4) is 0 Å². The second-order valence-corrected chi connectivity index (χ2v) is 7.94. The first-order valence-corrected chi connectivity index (χ1v) is 9.88. The Hall–Kier alpha value is -2.41. The summed E-state index contributed by atoms with van der Waals surface area (Å²) in [5.41, 5.74) is 0.130. The zero-order chi connectivity index (χ0) is 19.7. The molecule has 1 spiro atoms. The molecule has 2 amide bonds. The van der Waals surface area contributed by atoms with Crippen LogP contribution in [0.4, 0.5) is 0 Å². The molecule has 3 aliphatic heterocycles. The second kappa shape index (κ2) is 7.54. The molecular formula is C21H26N2O5. The summed E-state index contributed by atoms with van der Waals surface area (Å²) in [7, 11) is 1.60. The zero-order valence-electron chi connectivity index (χ0n) is 16.2. The molecule has 0 saturated carbocycles. The lowest BCUT2D eigenvalue weighted by Crippen LogP contribution is -2.53. The Morgan fingerprint density at radius 1 is 1.25 bits per heavy atom. The van der Waals surface area contributed by atoms with E-state index in [-0.39, 0.29) is 29.9 Å². The Morgan fingerprint density at radius 3 is 2.75 bits per heavy atom. The first-order chi connectivity index (χ1) is 13.5. The van der Waals surface area contributed by atoms with Crippen molar-refractivity contribution in [3.63, 3.8) is 0 Å². The third kappa shape index (κ3) is 3.51. The van der Waals surface area contributed by atoms with E-state index in [1.165, 1.54) is 0 Å². The number of methoxy groups -OCH3 is 1. The van der Waals surface area contributed by atoms with Gasteiger partial charge in [-0.25, -0.2) is 0 Å². The van der Waals surface area contributed by atoms with E-state index in [9.17, 15) is 14.4 Å². The van der Waals surface area contributed by atoms with Crippen molar-refractivity contribution in [3.05, 3.63) is 29.8 Å². The molecule has 1 unspecified atom stereocenters. The van der Waals surface area contributed by atoms with Crippen LogP contribution >= 0.6 is 0 Å². The molecule has 0 N–H and O–H groups in total. The molecule has 1 aromatic rings. The van der Waals surface area contributed by atoms with E-state index < -0.39 is 5.60 Å². The highest BCUT2D eigenvalue weighted by molar-refractivity contribution is 6.00. The number of likely N-dealkylation sites (tertiary alicyclic amines) is 2. The van der Waals surface area contributed by atoms with E-state index in [4.69, 9.17) is 9.47 Å². The summed E-state index contributed by atoms with van der Waals surface area (Å²) in [4.78, 5) is 41.1. The topological polar surface area (TPSA) is 76.2 Å². The number of amides is 2. The highest BCUT2D eigenvalue weighted by Gasteiger charge is 2.45. The van der Waals surface area contributed by atoms with Crippen LogP contribution in [0.1, 0.15) is 36.0 Å². The van der Waals surface area contributed by atoms with Crippen LogP contribution in [0, 0.1) is 5.92 Å². The molecule has 0 bridgehead atoms. The van der Waals surface area contributed by atoms with Gasteiger partial charge in [-0.3, -0.25) is 14.4 Å². The fourth-order valence-corrected chi connectivity index (χ4v) is 4.47. The Kier molecular flexibility index (Phi) is 5.10. The molecule has 0 aliphatic carbocycles. The molecule has 0 radical (unpaired) electrons. The number of ether oxygens (including phenoxy) is 2. The maximum atomic E-state index is 12.9. The molecule has 28 heavy (non-hydrogen) atoms. The average Bonchev–Trinajstić information content (AvgIpc) is 3.07. The maximum absolute atomic E-state index is 12.9. The summed E-state index contributed by atoms with van der Waals surface area (Å²) in [6.07, 6.45) is 1.89. The highest BCUT2D eigenvalue weighted by Crippen LogP contribution is 2.39. The number of hydrogen-bond acceptors (Lipinski definition) is 5. The van der Waals surface area contributed by atoms with Crippen LogP contribution in [0.5, 0.6) is 5.75 Å². The zero-order valence-corrected chi connectivity index (χ0v) is 16.2. The predicted molar refractivity (Wildman–Crippen MR) is 101 cm³/mol. The Morgan fingerprint density at radius 2 is 2.00 bits per heavy atom. The van der Waals surface area contributed by atoms with Crippen molar-refractivity contribution in [3.8, 4) is 5.75 Å². The lowest BCUT2D eigenvalue weighted by Gasteiger charge is -2.44. The number of ketones is 1. The van der Waals surface area contributed by atoms with Gasteiger partial charge in [0.15, 0.2) is 5.78 Å². The lowest BCUT2D eigenvalue weighted by atomic mass is 9.82. The minimum absolute atomic E-state index is 0.0155. The van der Waals surface area contributed by atoms with Crippen LogP contribution in [-0.4, -0.2) is 72.9 Å². The number of nitrogens with zero attached hydrogens (tertiary/aromatic N) is 2. The van der Waals surface area contributed by atoms with Gasteiger partial charge in [-0.1, -0.05) is 12.1 Å². The summed E-state index contributed by atoms with van der Waals surface area (Å²) < 4.78 is 11.3. The summed E-state index contributed by atoms with van der Waals surface area (Å²) in [6, 6.07) is 7.36. The normalized spacial score (nSPS) is 23.7. The van der Waals surface area contributed by atoms with Crippen LogP contribution < -0.4 is 4.74 Å². The Bertz CT molecular complexity index is 785. The highest BCUT2D eigenvalue weighted by atomic mass is 16.5. The first-order valence-electron chi connectivity index (χ1n) is 9.88. The Labute approximate surface area is 164 Å². The number of rotatable bonds is 4. The second-order valence-electron chi connectivity index (χ2n) is 7.94. The molecule has 1 aromatic carbocycles. The predicted octanol–water partition coefficient (Wildman–Crippen LogP) is 1.51. The number of carbonyl (C=O) groups is 3. The van der Waals surface area contributed by atoms with E-state index in [0.717, 1.165) is 0 Å². The van der Waals surface area contributed by atoms with Gasteiger partial charge in [-0.2, -0.15) is 0 Å². The molecule has 2 saturated heterocycles. The largest absolute Gasteiger partial charge is 0.486 e. The molecular weight excluding hydrogens is 360 g/mol. The fourth-order valence-electron chi connectivity index (χ4n) is 4.47. The van der Waals surface area contributed by atoms with Gasteiger partial charge in [-0.15, -0.1) is 0 Å². The minimum Gasteiger partial charge on any atom is -0.486 e. The van der Waals surface area contributed by atoms with E-state index in [2.05, 4.69) is 0 Å². The number of piperidine rings is 1. The quantitative estimate of drug-likeness (QED) is 0.784. The standard InChI is InChI=1S/C21H26N2O5/c1-27-11-10-23-14-15(12-19(23)25)20(26)22-8-6-21(7-9-22)13-17(24)16-4-2-3-5-18(16)28-21/h2-5,15H,6-14H2,1H3. The summed E-state index contributed by atoms with van der Waals surface area (Å²) in [5, 5.41) is 0. The van der Waals surface area contributed by atoms with E-state index in [1.54, 1.807) is 18.1 Å². The molecule has 3 heterocycles. The molecule has 1 atom stereocenters. The minimum atomic E-state index is -0.516. The van der Waals surface area contributed by atoms with Crippen molar-refractivity contribution in [2.45, 2.75) is 31.3 Å². The van der Waals surface area contributed by atoms with Gasteiger partial charge in [0.05, 0.1) is 24.5 Å². The van der Waals surface area contributed by atoms with Gasteiger partial charge in [0, 0.05) is 52.6 Å². The SMILES string of the molecule is COCCN1CC(C(=O)N2CCC3(CC2)CC(=O)c2ccccc2O3)CC1=O. The van der Waals surface area contributed by atoms with Crippen LogP contribution in [0.15, 0.2) is 24.3 Å². The van der Waals surface area contributed by atoms with Crippen LogP contribution in [0.25, 0.3) is 0 Å². The van der Waals surface area contributed by atoms with Crippen molar-refractivity contribution in [1.82, 2.24) is 9.80 Å². The van der Waals surface area contributed by atoms with Crippen molar-refractivity contribution in [2.24, 2.45) is 5.92 Å². The molecule has 7 heteroatoms. The molecule has 4 rings (SSSR count). The average molecular weight is 386 g/mol. The van der Waals surface area contributed by atoms with Gasteiger partial charge in [-0.05, 0) is 12.1 Å². The Balaban J connectivity index is 1.36. The number of Topliss-reactive ketones (excluding diaryl/α,β-unsaturated/α-hetero) is 1. The number of fused-ring (bicyclic) bond motifs is 1. The molecule has 3 aliphatic rings. The van der Waals surface area contributed by atoms with E-state index in [1.807, 2.05) is 23.1 Å². The summed E-state index contributed by atoms with van der Waals surface area (Å²) >= 11 is 0. The number of carbonyl (C=O) groups excluding carboxylic acids is 3. The lowest BCUT2D eigenvalue weighted by molar-refractivity contribution is -0.139. The molecule has 2 fully saturated rings. The summed E-state index contributed by atoms with van der Waals surface area (Å²) in [5.74, 6) is 0.519. The van der Waals surface area contributed by atoms with Crippen molar-refractivity contribution in [1.29, 1.82) is 0 Å². The summed E-state index contributed by atoms with van der Waals surface area (Å²) in [6.45, 7) is 2.57. The van der Waals surface area contributed by atoms with E-state index in [0.29, 0.717) is 63.4 Å². The monoisotopic (exact) mass is 386 g/mol. The smallest absolute Gasteiger partial charge is 0.227 e. The van der Waals surface area contributed by atoms with Crippen LogP contribution in [-0.2, 0) is 14.3 Å². The number of para-hydroxylation sites is 1. The van der Waals surface area contributed by atoms with Crippen LogP contribution in [0.2, 0.25) is 0 Å². The fraction of sp³-hybridized carbons (Fsp3) is 0.571. The van der Waals surface area contributed by atoms with Crippen molar-refractivity contribution in [2.75, 3.05) is 39.9 Å². The van der Waals surface area contributed by atoms with Gasteiger partial charge < -0.3 is 19.3 Å². The van der Waals surface area contributed by atoms with E-state index >= 15 is 0 Å². The van der Waals surface area contributed by atoms with Gasteiger partial charge in [0.2, 0.25) is 11.8 Å². The van der Waals surface area contributed by atoms with Crippen molar-refractivity contribution < 1.29 is 23.9 Å². The first kappa shape index (κ1) is 18.9. The van der Waals surface area contributed by atoms with Gasteiger partial charge in [0.1, 0.15) is 11.4 Å². The molecule has 150 valence electrons. The number of benzene rings is 1.